The number of aliphatic imine (C=N–C) groups is 1. The number of halogens is 2. The molecule has 3 unspecified atom stereocenters. The molecule has 0 aliphatic carbocycles. The number of benzene rings is 1. The number of guanidine groups is 1. The fourth-order valence-corrected chi connectivity index (χ4v) is 3.27. The van der Waals surface area contributed by atoms with E-state index in [4.69, 9.17) is 9.47 Å². The molecule has 2 heterocycles. The van der Waals surface area contributed by atoms with Crippen LogP contribution >= 0.6 is 24.0 Å². The molecule has 2 aliphatic heterocycles. The normalized spacial score (nSPS) is 25.3. The van der Waals surface area contributed by atoms with Crippen molar-refractivity contribution < 1.29 is 13.9 Å². The minimum absolute atomic E-state index is 0. The van der Waals surface area contributed by atoms with Crippen LogP contribution in [-0.2, 0) is 11.3 Å². The monoisotopic (exact) mass is 449 g/mol. The fourth-order valence-electron chi connectivity index (χ4n) is 3.27. The molecule has 1 aromatic rings. The molecular weight excluding hydrogens is 424 g/mol. The second kappa shape index (κ2) is 8.84. The van der Waals surface area contributed by atoms with E-state index in [9.17, 15) is 4.39 Å². The molecule has 1 aromatic carbocycles. The summed E-state index contributed by atoms with van der Waals surface area (Å²) in [7, 11) is 1.74. The third kappa shape index (κ3) is 4.50. The maximum absolute atomic E-state index is 13.9. The van der Waals surface area contributed by atoms with Crippen LogP contribution in [0.4, 0.5) is 4.39 Å². The van der Waals surface area contributed by atoms with Gasteiger partial charge in [-0.2, -0.15) is 0 Å². The van der Waals surface area contributed by atoms with Crippen LogP contribution in [0.5, 0.6) is 5.75 Å². The number of hydrogen-bond acceptors (Lipinski definition) is 3. The summed E-state index contributed by atoms with van der Waals surface area (Å²) in [6.07, 6.45) is 4.00. The molecule has 2 aliphatic rings. The standard InChI is InChI=1S/C17H24FN3O2.HI/c1-3-22-15-6-4-11(8-13(15)18)10-20-17(19-2)21-14-9-12-5-7-16(14)23-12;/h4,6,8,12,14,16H,3,5,7,9-10H2,1-2H3,(H2,19,20,21);1H. The molecule has 24 heavy (non-hydrogen) atoms. The van der Waals surface area contributed by atoms with Gasteiger partial charge in [-0.3, -0.25) is 4.99 Å². The van der Waals surface area contributed by atoms with E-state index >= 15 is 0 Å². The Morgan fingerprint density at radius 3 is 2.83 bits per heavy atom. The van der Waals surface area contributed by atoms with E-state index in [-0.39, 0.29) is 35.5 Å². The van der Waals surface area contributed by atoms with Crippen LogP contribution in [0.25, 0.3) is 0 Å². The zero-order chi connectivity index (χ0) is 16.2. The predicted octanol–water partition coefficient (Wildman–Crippen LogP) is 2.83. The predicted molar refractivity (Wildman–Crippen MR) is 103 cm³/mol. The van der Waals surface area contributed by atoms with Gasteiger partial charge in [-0.25, -0.2) is 4.39 Å². The summed E-state index contributed by atoms with van der Waals surface area (Å²) in [6, 6.07) is 5.33. The zero-order valence-electron chi connectivity index (χ0n) is 14.0. The molecule has 5 nitrogen and oxygen atoms in total. The minimum atomic E-state index is -0.337. The van der Waals surface area contributed by atoms with E-state index in [1.54, 1.807) is 13.1 Å². The molecule has 0 saturated carbocycles. The van der Waals surface area contributed by atoms with Crippen molar-refractivity contribution in [3.05, 3.63) is 29.6 Å². The summed E-state index contributed by atoms with van der Waals surface area (Å²) in [4.78, 5) is 4.24. The number of nitrogens with one attached hydrogen (secondary N) is 2. The van der Waals surface area contributed by atoms with Gasteiger partial charge in [0.2, 0.25) is 0 Å². The highest BCUT2D eigenvalue weighted by Gasteiger charge is 2.41. The van der Waals surface area contributed by atoms with E-state index < -0.39 is 0 Å². The summed E-state index contributed by atoms with van der Waals surface area (Å²) in [5.41, 5.74) is 0.845. The lowest BCUT2D eigenvalue weighted by Crippen LogP contribution is -2.47. The van der Waals surface area contributed by atoms with E-state index in [1.807, 2.05) is 13.0 Å². The van der Waals surface area contributed by atoms with Crippen LogP contribution in [0.1, 0.15) is 31.7 Å². The van der Waals surface area contributed by atoms with Gasteiger partial charge in [0, 0.05) is 13.6 Å². The smallest absolute Gasteiger partial charge is 0.191 e. The van der Waals surface area contributed by atoms with Gasteiger partial charge < -0.3 is 20.1 Å². The van der Waals surface area contributed by atoms with Gasteiger partial charge in [-0.05, 0) is 43.9 Å². The number of rotatable bonds is 5. The van der Waals surface area contributed by atoms with Crippen molar-refractivity contribution >= 4 is 29.9 Å². The van der Waals surface area contributed by atoms with Gasteiger partial charge in [0.05, 0.1) is 24.9 Å². The molecule has 2 fully saturated rings. The number of hydrogen-bond donors (Lipinski definition) is 2. The molecule has 0 spiro atoms. The number of fused-ring (bicyclic) bond motifs is 2. The SMILES string of the molecule is CCOc1ccc(CNC(=NC)NC2CC3CCC2O3)cc1F.I. The van der Waals surface area contributed by atoms with Gasteiger partial charge in [0.15, 0.2) is 17.5 Å². The highest BCUT2D eigenvalue weighted by molar-refractivity contribution is 14.0. The van der Waals surface area contributed by atoms with E-state index in [0.717, 1.165) is 24.4 Å². The maximum Gasteiger partial charge on any atom is 0.191 e. The summed E-state index contributed by atoms with van der Waals surface area (Å²) in [5.74, 6) is 0.675. The van der Waals surface area contributed by atoms with Gasteiger partial charge >= 0.3 is 0 Å². The quantitative estimate of drug-likeness (QED) is 0.413. The van der Waals surface area contributed by atoms with Crippen LogP contribution in [0.15, 0.2) is 23.2 Å². The van der Waals surface area contributed by atoms with Crippen LogP contribution < -0.4 is 15.4 Å². The lowest BCUT2D eigenvalue weighted by Gasteiger charge is -2.22. The number of nitrogens with zero attached hydrogens (tertiary/aromatic N) is 1. The Bertz CT molecular complexity index is 585. The largest absolute Gasteiger partial charge is 0.491 e. The van der Waals surface area contributed by atoms with Crippen molar-refractivity contribution in [2.75, 3.05) is 13.7 Å². The van der Waals surface area contributed by atoms with Crippen molar-refractivity contribution in [2.24, 2.45) is 4.99 Å². The van der Waals surface area contributed by atoms with Crippen molar-refractivity contribution in [3.8, 4) is 5.75 Å². The van der Waals surface area contributed by atoms with E-state index in [0.29, 0.717) is 31.4 Å². The van der Waals surface area contributed by atoms with Gasteiger partial charge in [0.1, 0.15) is 0 Å². The Hall–Kier alpha value is -1.09. The summed E-state index contributed by atoms with van der Waals surface area (Å²) in [6.45, 7) is 2.80. The van der Waals surface area contributed by atoms with Crippen molar-refractivity contribution in [1.82, 2.24) is 10.6 Å². The topological polar surface area (TPSA) is 54.9 Å². The molecule has 3 atom stereocenters. The molecule has 134 valence electrons. The number of ether oxygens (including phenoxy) is 2. The Morgan fingerprint density at radius 1 is 1.42 bits per heavy atom. The molecule has 2 saturated heterocycles. The van der Waals surface area contributed by atoms with Gasteiger partial charge in [-0.15, -0.1) is 24.0 Å². The summed E-state index contributed by atoms with van der Waals surface area (Å²) >= 11 is 0. The first kappa shape index (κ1) is 19.2. The first-order chi connectivity index (χ1) is 11.2. The van der Waals surface area contributed by atoms with Crippen molar-refractivity contribution in [1.29, 1.82) is 0 Å². The highest BCUT2D eigenvalue weighted by atomic mass is 127. The third-order valence-electron chi connectivity index (χ3n) is 4.41. The fraction of sp³-hybridized carbons (Fsp3) is 0.588. The molecule has 0 aromatic heterocycles. The average molecular weight is 449 g/mol. The molecule has 0 radical (unpaired) electrons. The molecular formula is C17H25FIN3O2. The van der Waals surface area contributed by atoms with Crippen LogP contribution in [0.3, 0.4) is 0 Å². The second-order valence-electron chi connectivity index (χ2n) is 5.98. The molecule has 3 rings (SSSR count). The highest BCUT2D eigenvalue weighted by Crippen LogP contribution is 2.34. The first-order valence-electron chi connectivity index (χ1n) is 8.23. The van der Waals surface area contributed by atoms with Gasteiger partial charge in [-0.1, -0.05) is 6.07 Å². The first-order valence-corrected chi connectivity index (χ1v) is 8.23. The van der Waals surface area contributed by atoms with E-state index in [2.05, 4.69) is 15.6 Å². The minimum Gasteiger partial charge on any atom is -0.491 e. The third-order valence-corrected chi connectivity index (χ3v) is 4.41. The van der Waals surface area contributed by atoms with Crippen molar-refractivity contribution in [3.63, 3.8) is 0 Å². The zero-order valence-corrected chi connectivity index (χ0v) is 16.4. The van der Waals surface area contributed by atoms with Crippen LogP contribution in [0, 0.1) is 5.82 Å². The maximum atomic E-state index is 13.9. The Morgan fingerprint density at radius 2 is 2.25 bits per heavy atom. The summed E-state index contributed by atoms with van der Waals surface area (Å²) in [5, 5.41) is 6.64. The van der Waals surface area contributed by atoms with Crippen LogP contribution in [0.2, 0.25) is 0 Å². The molecule has 7 heteroatoms. The Labute approximate surface area is 159 Å². The Balaban J connectivity index is 0.00000208. The average Bonchev–Trinajstić information content (AvgIpc) is 3.16. The molecule has 2 N–H and O–H groups in total. The second-order valence-corrected chi connectivity index (χ2v) is 5.98. The van der Waals surface area contributed by atoms with E-state index in [1.165, 1.54) is 12.5 Å². The summed E-state index contributed by atoms with van der Waals surface area (Å²) < 4.78 is 24.9. The molecule has 2 bridgehead atoms. The lowest BCUT2D eigenvalue weighted by atomic mass is 9.96. The Kier molecular flexibility index (Phi) is 7.09. The van der Waals surface area contributed by atoms with Gasteiger partial charge in [0.25, 0.3) is 0 Å². The van der Waals surface area contributed by atoms with Crippen LogP contribution in [-0.4, -0.2) is 37.9 Å². The van der Waals surface area contributed by atoms with Crippen molar-refractivity contribution in [2.45, 2.75) is 51.0 Å². The lowest BCUT2D eigenvalue weighted by molar-refractivity contribution is 0.0992. The molecule has 0 amide bonds.